The van der Waals surface area contributed by atoms with Crippen LogP contribution < -0.4 is 19.8 Å². The monoisotopic (exact) mass is 524 g/mol. The zero-order valence-electron chi connectivity index (χ0n) is 17.8. The van der Waals surface area contributed by atoms with Crippen LogP contribution in [0.5, 0.6) is 17.2 Å². The van der Waals surface area contributed by atoms with Crippen molar-refractivity contribution in [1.29, 1.82) is 5.26 Å². The van der Waals surface area contributed by atoms with Crippen LogP contribution in [-0.4, -0.2) is 26.3 Å². The first-order valence-corrected chi connectivity index (χ1v) is 11.3. The van der Waals surface area contributed by atoms with Crippen molar-refractivity contribution in [2.24, 2.45) is 0 Å². The van der Waals surface area contributed by atoms with Crippen molar-refractivity contribution in [3.05, 3.63) is 67.2 Å². The van der Waals surface area contributed by atoms with Crippen molar-refractivity contribution in [2.45, 2.75) is 0 Å². The molecule has 0 radical (unpaired) electrons. The minimum absolute atomic E-state index is 0.327. The third kappa shape index (κ3) is 4.49. The third-order valence-corrected chi connectivity index (χ3v) is 6.19. The van der Waals surface area contributed by atoms with E-state index >= 15 is 0 Å². The highest BCUT2D eigenvalue weighted by Gasteiger charge is 2.16. The summed E-state index contributed by atoms with van der Waals surface area (Å²) in [6.45, 7) is 0. The number of nitriles is 1. The van der Waals surface area contributed by atoms with Crippen molar-refractivity contribution >= 4 is 49.9 Å². The van der Waals surface area contributed by atoms with Crippen LogP contribution in [0.1, 0.15) is 10.6 Å². The molecule has 0 saturated carbocycles. The normalized spacial score (nSPS) is 11.3. The molecule has 4 aromatic rings. The second-order valence-corrected chi connectivity index (χ2v) is 8.57. The smallest absolute Gasteiger partial charge is 0.345 e. The Kier molecular flexibility index (Phi) is 6.49. The van der Waals surface area contributed by atoms with E-state index in [0.717, 1.165) is 9.86 Å². The molecule has 0 N–H and O–H groups in total. The summed E-state index contributed by atoms with van der Waals surface area (Å²) in [5.74, 6) is 1.40. The Morgan fingerprint density at radius 3 is 2.48 bits per heavy atom. The van der Waals surface area contributed by atoms with Crippen molar-refractivity contribution < 1.29 is 18.6 Å². The van der Waals surface area contributed by atoms with E-state index in [-0.39, 0.29) is 0 Å². The number of benzene rings is 2. The van der Waals surface area contributed by atoms with E-state index in [4.69, 9.17) is 18.6 Å². The van der Waals surface area contributed by atoms with Crippen LogP contribution in [0, 0.1) is 11.3 Å². The largest absolute Gasteiger partial charge is 0.493 e. The fourth-order valence-electron chi connectivity index (χ4n) is 3.29. The van der Waals surface area contributed by atoms with Gasteiger partial charge < -0.3 is 18.6 Å². The van der Waals surface area contributed by atoms with E-state index in [0.29, 0.717) is 50.2 Å². The fraction of sp³-hybridized carbons (Fsp3) is 0.125. The Bertz CT molecular complexity index is 1460. The van der Waals surface area contributed by atoms with Gasteiger partial charge in [-0.3, -0.25) is 0 Å². The van der Waals surface area contributed by atoms with Gasteiger partial charge in [0.1, 0.15) is 16.7 Å². The molecule has 166 valence electrons. The summed E-state index contributed by atoms with van der Waals surface area (Å²) in [6, 6.07) is 12.8. The van der Waals surface area contributed by atoms with E-state index in [9.17, 15) is 10.1 Å². The molecule has 7 nitrogen and oxygen atoms in total. The lowest BCUT2D eigenvalue weighted by molar-refractivity contribution is 0.324. The number of fused-ring (bicyclic) bond motifs is 1. The summed E-state index contributed by atoms with van der Waals surface area (Å²) in [5.41, 5.74) is 1.77. The SMILES string of the molecule is COc1cc(/C=C(/C#N)c2nc(-c3cc4cc(Br)ccc4oc3=O)cs2)cc(OC)c1OC. The number of nitrogens with zero attached hydrogens (tertiary/aromatic N) is 2. The standard InChI is InChI=1S/C24H17BrN2O5S/c1-29-20-7-13(8-21(30-2)22(20)31-3)6-15(11-26)23-27-18(12-33-23)17-10-14-9-16(25)4-5-19(14)32-24(17)28/h4-10,12H,1-3H3/b15-6-. The maximum atomic E-state index is 12.5. The van der Waals surface area contributed by atoms with E-state index < -0.39 is 5.63 Å². The quantitative estimate of drug-likeness (QED) is 0.233. The van der Waals surface area contributed by atoms with Crippen molar-refractivity contribution in [3.8, 4) is 34.6 Å². The average Bonchev–Trinajstić information content (AvgIpc) is 3.31. The van der Waals surface area contributed by atoms with Crippen LogP contribution in [0.25, 0.3) is 33.9 Å². The van der Waals surface area contributed by atoms with Gasteiger partial charge in [0.05, 0.1) is 38.2 Å². The molecule has 0 fully saturated rings. The topological polar surface area (TPSA) is 94.6 Å². The molecule has 2 heterocycles. The molecule has 4 rings (SSSR count). The third-order valence-electron chi connectivity index (χ3n) is 4.82. The number of allylic oxidation sites excluding steroid dienone is 1. The number of thiazole rings is 1. The van der Waals surface area contributed by atoms with Gasteiger partial charge in [0, 0.05) is 15.2 Å². The van der Waals surface area contributed by atoms with Crippen LogP contribution in [-0.2, 0) is 0 Å². The summed E-state index contributed by atoms with van der Waals surface area (Å²) in [7, 11) is 4.57. The van der Waals surface area contributed by atoms with Gasteiger partial charge in [-0.25, -0.2) is 9.78 Å². The second-order valence-electron chi connectivity index (χ2n) is 6.80. The summed E-state index contributed by atoms with van der Waals surface area (Å²) < 4.78 is 22.4. The predicted molar refractivity (Wildman–Crippen MR) is 131 cm³/mol. The van der Waals surface area contributed by atoms with Gasteiger partial charge in [0.15, 0.2) is 11.5 Å². The van der Waals surface area contributed by atoms with E-state index in [1.54, 1.807) is 41.8 Å². The van der Waals surface area contributed by atoms with Crippen molar-refractivity contribution in [3.63, 3.8) is 0 Å². The first-order chi connectivity index (χ1) is 16.0. The first kappa shape index (κ1) is 22.6. The van der Waals surface area contributed by atoms with Gasteiger partial charge in [0.2, 0.25) is 5.75 Å². The molecule has 0 saturated heterocycles. The fourth-order valence-corrected chi connectivity index (χ4v) is 4.45. The van der Waals surface area contributed by atoms with E-state index in [1.165, 1.54) is 32.7 Å². The Morgan fingerprint density at radius 1 is 1.12 bits per heavy atom. The molecule has 0 atom stereocenters. The highest BCUT2D eigenvalue weighted by molar-refractivity contribution is 9.10. The summed E-state index contributed by atoms with van der Waals surface area (Å²) in [4.78, 5) is 17.1. The molecular weight excluding hydrogens is 508 g/mol. The van der Waals surface area contributed by atoms with Crippen LogP contribution in [0.2, 0.25) is 0 Å². The molecule has 0 aliphatic carbocycles. The van der Waals surface area contributed by atoms with Gasteiger partial charge in [0.25, 0.3) is 0 Å². The Hall–Kier alpha value is -3.61. The number of aromatic nitrogens is 1. The predicted octanol–water partition coefficient (Wildman–Crippen LogP) is 5.77. The molecule has 0 aliphatic rings. The van der Waals surface area contributed by atoms with Gasteiger partial charge >= 0.3 is 5.63 Å². The lowest BCUT2D eigenvalue weighted by Gasteiger charge is -2.13. The minimum Gasteiger partial charge on any atom is -0.493 e. The average molecular weight is 525 g/mol. The summed E-state index contributed by atoms with van der Waals surface area (Å²) in [6.07, 6.45) is 1.67. The highest BCUT2D eigenvalue weighted by Crippen LogP contribution is 2.39. The number of hydrogen-bond donors (Lipinski definition) is 0. The zero-order valence-corrected chi connectivity index (χ0v) is 20.2. The summed E-state index contributed by atoms with van der Waals surface area (Å²) in [5, 5.41) is 12.7. The number of methoxy groups -OCH3 is 3. The van der Waals surface area contributed by atoms with Crippen LogP contribution >= 0.6 is 27.3 Å². The van der Waals surface area contributed by atoms with E-state index in [2.05, 4.69) is 27.0 Å². The molecule has 0 unspecified atom stereocenters. The van der Waals surface area contributed by atoms with Gasteiger partial charge in [-0.1, -0.05) is 15.9 Å². The lowest BCUT2D eigenvalue weighted by Crippen LogP contribution is -2.03. The maximum absolute atomic E-state index is 12.5. The van der Waals surface area contributed by atoms with Crippen molar-refractivity contribution in [2.75, 3.05) is 21.3 Å². The second kappa shape index (κ2) is 9.48. The number of hydrogen-bond acceptors (Lipinski definition) is 8. The number of rotatable bonds is 6. The van der Waals surface area contributed by atoms with Crippen LogP contribution in [0.4, 0.5) is 0 Å². The molecule has 2 aromatic heterocycles. The van der Waals surface area contributed by atoms with E-state index in [1.807, 2.05) is 6.07 Å². The molecule has 0 amide bonds. The Balaban J connectivity index is 1.76. The number of ether oxygens (including phenoxy) is 3. The molecule has 2 aromatic carbocycles. The molecule has 33 heavy (non-hydrogen) atoms. The van der Waals surface area contributed by atoms with Crippen LogP contribution in [0.15, 0.2) is 55.5 Å². The molecular formula is C24H17BrN2O5S. The van der Waals surface area contributed by atoms with Gasteiger partial charge in [-0.15, -0.1) is 11.3 Å². The first-order valence-electron chi connectivity index (χ1n) is 9.59. The van der Waals surface area contributed by atoms with Gasteiger partial charge in [-0.2, -0.15) is 5.26 Å². The molecule has 0 bridgehead atoms. The molecule has 0 spiro atoms. The number of halogens is 1. The highest BCUT2D eigenvalue weighted by atomic mass is 79.9. The minimum atomic E-state index is -0.492. The maximum Gasteiger partial charge on any atom is 0.345 e. The van der Waals surface area contributed by atoms with Gasteiger partial charge in [-0.05, 0) is 48.0 Å². The molecule has 9 heteroatoms. The Labute approximate surface area is 201 Å². The Morgan fingerprint density at radius 2 is 1.85 bits per heavy atom. The van der Waals surface area contributed by atoms with Crippen molar-refractivity contribution in [1.82, 2.24) is 4.98 Å². The van der Waals surface area contributed by atoms with Crippen LogP contribution in [0.3, 0.4) is 0 Å². The zero-order chi connectivity index (χ0) is 23.5. The summed E-state index contributed by atoms with van der Waals surface area (Å²) >= 11 is 4.68. The molecule has 0 aliphatic heterocycles. The lowest BCUT2D eigenvalue weighted by atomic mass is 10.1.